The average molecular weight is 410 g/mol. The van der Waals surface area contributed by atoms with Gasteiger partial charge in [0.1, 0.15) is 0 Å². The Morgan fingerprint density at radius 3 is 2.86 bits per heavy atom. The summed E-state index contributed by atoms with van der Waals surface area (Å²) in [5.41, 5.74) is 2.42. The lowest BCUT2D eigenvalue weighted by molar-refractivity contribution is 0.333. The molecule has 0 N–H and O–H groups in total. The standard InChI is InChI=1S/C20H23N7OS/c28-20-3-2-18(26-8-1-7-21-26)24-27(20)13-15-4-9-25(10-5-15)19-12-16-14-29-11-6-17(16)22-23-19/h1-3,7-8,12,15H,4-6,9-11,13-14H2. The number of anilines is 1. The van der Waals surface area contributed by atoms with Gasteiger partial charge in [-0.15, -0.1) is 10.2 Å². The fourth-order valence-corrected chi connectivity index (χ4v) is 4.92. The van der Waals surface area contributed by atoms with E-state index in [0.29, 0.717) is 18.3 Å². The van der Waals surface area contributed by atoms with Crippen LogP contribution in [-0.2, 0) is 18.7 Å². The van der Waals surface area contributed by atoms with Crippen molar-refractivity contribution in [2.24, 2.45) is 5.92 Å². The molecule has 9 heteroatoms. The maximum absolute atomic E-state index is 12.3. The summed E-state index contributed by atoms with van der Waals surface area (Å²) in [7, 11) is 0. The van der Waals surface area contributed by atoms with Crippen molar-refractivity contribution in [2.75, 3.05) is 23.7 Å². The van der Waals surface area contributed by atoms with Gasteiger partial charge in [-0.2, -0.15) is 22.0 Å². The summed E-state index contributed by atoms with van der Waals surface area (Å²) in [4.78, 5) is 14.6. The molecule has 1 saturated heterocycles. The number of aryl methyl sites for hydroxylation is 1. The van der Waals surface area contributed by atoms with Crippen LogP contribution < -0.4 is 10.5 Å². The zero-order valence-corrected chi connectivity index (χ0v) is 17.0. The lowest BCUT2D eigenvalue weighted by Gasteiger charge is -2.33. The molecule has 5 rings (SSSR count). The van der Waals surface area contributed by atoms with Crippen molar-refractivity contribution in [1.29, 1.82) is 0 Å². The van der Waals surface area contributed by atoms with Gasteiger partial charge in [0.2, 0.25) is 0 Å². The molecule has 0 aliphatic carbocycles. The van der Waals surface area contributed by atoms with E-state index in [-0.39, 0.29) is 5.56 Å². The van der Waals surface area contributed by atoms with Crippen LogP contribution in [0.4, 0.5) is 5.82 Å². The van der Waals surface area contributed by atoms with Gasteiger partial charge in [0.05, 0.1) is 5.69 Å². The van der Waals surface area contributed by atoms with E-state index in [2.05, 4.69) is 31.4 Å². The molecule has 1 fully saturated rings. The van der Waals surface area contributed by atoms with E-state index in [0.717, 1.165) is 55.4 Å². The zero-order valence-electron chi connectivity index (χ0n) is 16.1. The molecule has 3 aromatic heterocycles. The fraction of sp³-hybridized carbons (Fsp3) is 0.450. The third kappa shape index (κ3) is 3.91. The van der Waals surface area contributed by atoms with E-state index >= 15 is 0 Å². The summed E-state index contributed by atoms with van der Waals surface area (Å²) >= 11 is 1.96. The first-order valence-electron chi connectivity index (χ1n) is 10.0. The van der Waals surface area contributed by atoms with Crippen LogP contribution in [0.15, 0.2) is 41.5 Å². The molecule has 0 unspecified atom stereocenters. The molecule has 5 heterocycles. The zero-order chi connectivity index (χ0) is 19.6. The topological polar surface area (TPSA) is 81.7 Å². The molecule has 0 saturated carbocycles. The monoisotopic (exact) mass is 409 g/mol. The third-order valence-electron chi connectivity index (χ3n) is 5.65. The number of aromatic nitrogens is 6. The molecule has 0 bridgehead atoms. The van der Waals surface area contributed by atoms with Crippen molar-refractivity contribution in [1.82, 2.24) is 29.8 Å². The Hall–Kier alpha value is -2.68. The summed E-state index contributed by atoms with van der Waals surface area (Å²) in [6.45, 7) is 2.49. The van der Waals surface area contributed by atoms with E-state index in [1.165, 1.54) is 5.56 Å². The minimum absolute atomic E-state index is 0.0682. The number of piperidine rings is 1. The SMILES string of the molecule is O=c1ccc(-n2cccn2)nn1CC1CCN(c2cc3c(nn2)CCSC3)CC1. The van der Waals surface area contributed by atoms with E-state index in [9.17, 15) is 4.79 Å². The second kappa shape index (κ2) is 7.98. The Morgan fingerprint density at radius 1 is 1.14 bits per heavy atom. The van der Waals surface area contributed by atoms with Crippen molar-refractivity contribution in [3.63, 3.8) is 0 Å². The quantitative estimate of drug-likeness (QED) is 0.651. The highest BCUT2D eigenvalue weighted by Crippen LogP contribution is 2.27. The van der Waals surface area contributed by atoms with Crippen LogP contribution in [0.3, 0.4) is 0 Å². The van der Waals surface area contributed by atoms with Crippen LogP contribution in [-0.4, -0.2) is 48.6 Å². The molecule has 150 valence electrons. The average Bonchev–Trinajstić information content (AvgIpc) is 3.30. The van der Waals surface area contributed by atoms with Crippen molar-refractivity contribution in [3.8, 4) is 5.82 Å². The molecule has 2 aliphatic heterocycles. The van der Waals surface area contributed by atoms with Crippen LogP contribution in [0.2, 0.25) is 0 Å². The van der Waals surface area contributed by atoms with Gasteiger partial charge < -0.3 is 4.90 Å². The van der Waals surface area contributed by atoms with Crippen LogP contribution >= 0.6 is 11.8 Å². The Bertz CT molecular complexity index is 1040. The number of rotatable bonds is 4. The number of thioether (sulfide) groups is 1. The van der Waals surface area contributed by atoms with Crippen LogP contribution in [0.1, 0.15) is 24.1 Å². The number of hydrogen-bond donors (Lipinski definition) is 0. The predicted octanol–water partition coefficient (Wildman–Crippen LogP) is 1.92. The molecule has 0 aromatic carbocycles. The minimum Gasteiger partial charge on any atom is -0.355 e. The predicted molar refractivity (Wildman–Crippen MR) is 112 cm³/mol. The molecule has 8 nitrogen and oxygen atoms in total. The summed E-state index contributed by atoms with van der Waals surface area (Å²) in [5, 5.41) is 17.6. The maximum Gasteiger partial charge on any atom is 0.266 e. The first-order chi connectivity index (χ1) is 14.3. The Morgan fingerprint density at radius 2 is 2.03 bits per heavy atom. The number of hydrogen-bond acceptors (Lipinski definition) is 7. The lowest BCUT2D eigenvalue weighted by Crippen LogP contribution is -2.37. The van der Waals surface area contributed by atoms with Gasteiger partial charge in [-0.1, -0.05) is 0 Å². The highest BCUT2D eigenvalue weighted by Gasteiger charge is 2.23. The molecule has 2 aliphatic rings. The number of fused-ring (bicyclic) bond motifs is 1. The van der Waals surface area contributed by atoms with Crippen molar-refractivity contribution in [3.05, 3.63) is 58.3 Å². The van der Waals surface area contributed by atoms with E-state index in [4.69, 9.17) is 0 Å². The molecule has 0 amide bonds. The fourth-order valence-electron chi connectivity index (χ4n) is 3.97. The van der Waals surface area contributed by atoms with Gasteiger partial charge in [0, 0.05) is 50.3 Å². The molecule has 3 aromatic rings. The van der Waals surface area contributed by atoms with Gasteiger partial charge in [-0.3, -0.25) is 4.79 Å². The van der Waals surface area contributed by atoms with Crippen molar-refractivity contribution < 1.29 is 0 Å². The van der Waals surface area contributed by atoms with Crippen LogP contribution in [0.5, 0.6) is 0 Å². The molecule has 0 atom stereocenters. The van der Waals surface area contributed by atoms with E-state index in [1.807, 2.05) is 24.0 Å². The summed E-state index contributed by atoms with van der Waals surface area (Å²) in [5.74, 6) is 4.25. The van der Waals surface area contributed by atoms with Crippen LogP contribution in [0, 0.1) is 5.92 Å². The second-order valence-electron chi connectivity index (χ2n) is 7.57. The first-order valence-corrected chi connectivity index (χ1v) is 11.2. The lowest BCUT2D eigenvalue weighted by atomic mass is 9.97. The third-order valence-corrected chi connectivity index (χ3v) is 6.66. The molecule has 0 spiro atoms. The minimum atomic E-state index is -0.0682. The van der Waals surface area contributed by atoms with Gasteiger partial charge in [-0.25, -0.2) is 9.36 Å². The van der Waals surface area contributed by atoms with E-state index < -0.39 is 0 Å². The van der Waals surface area contributed by atoms with Gasteiger partial charge in [-0.05, 0) is 48.3 Å². The highest BCUT2D eigenvalue weighted by molar-refractivity contribution is 7.98. The summed E-state index contributed by atoms with van der Waals surface area (Å²) in [6, 6.07) is 7.34. The Balaban J connectivity index is 1.25. The van der Waals surface area contributed by atoms with Gasteiger partial charge in [0.15, 0.2) is 11.6 Å². The van der Waals surface area contributed by atoms with Crippen molar-refractivity contribution >= 4 is 17.6 Å². The van der Waals surface area contributed by atoms with E-state index in [1.54, 1.807) is 27.7 Å². The molecular formula is C20H23N7OS. The van der Waals surface area contributed by atoms with Crippen molar-refractivity contribution in [2.45, 2.75) is 31.6 Å². The van der Waals surface area contributed by atoms with Gasteiger partial charge in [0.25, 0.3) is 5.56 Å². The summed E-state index contributed by atoms with van der Waals surface area (Å²) in [6.07, 6.45) is 6.57. The normalized spacial score (nSPS) is 17.3. The highest BCUT2D eigenvalue weighted by atomic mass is 32.2. The first kappa shape index (κ1) is 18.4. The maximum atomic E-state index is 12.3. The second-order valence-corrected chi connectivity index (χ2v) is 8.68. The molecular weight excluding hydrogens is 386 g/mol. The Kier molecular flexibility index (Phi) is 5.05. The summed E-state index contributed by atoms with van der Waals surface area (Å²) < 4.78 is 3.25. The number of nitrogens with zero attached hydrogens (tertiary/aromatic N) is 7. The Labute approximate surface area is 172 Å². The van der Waals surface area contributed by atoms with Crippen LogP contribution in [0.25, 0.3) is 5.82 Å². The molecule has 29 heavy (non-hydrogen) atoms. The molecule has 0 radical (unpaired) electrons. The van der Waals surface area contributed by atoms with Gasteiger partial charge >= 0.3 is 0 Å². The smallest absolute Gasteiger partial charge is 0.266 e. The largest absolute Gasteiger partial charge is 0.355 e.